The third kappa shape index (κ3) is 2.19. The summed E-state index contributed by atoms with van der Waals surface area (Å²) in [6.07, 6.45) is 4.66. The van der Waals surface area contributed by atoms with Gasteiger partial charge in [-0.15, -0.1) is 0 Å². The van der Waals surface area contributed by atoms with Gasteiger partial charge in [-0.3, -0.25) is 10.1 Å². The molecule has 0 unspecified atom stereocenters. The van der Waals surface area contributed by atoms with Crippen molar-refractivity contribution in [2.45, 2.75) is 18.3 Å². The lowest BCUT2D eigenvalue weighted by atomic mass is 9.95. The number of nitrogens with one attached hydrogen (secondary N) is 1. The maximum Gasteiger partial charge on any atom is 0.237 e. The second-order valence-corrected chi connectivity index (χ2v) is 4.62. The molecule has 96 valence electrons. The molecule has 0 saturated heterocycles. The third-order valence-electron chi connectivity index (χ3n) is 3.37. The van der Waals surface area contributed by atoms with E-state index in [4.69, 9.17) is 0 Å². The number of hydrogen-bond donors (Lipinski definition) is 1. The van der Waals surface area contributed by atoms with E-state index < -0.39 is 5.41 Å². The van der Waals surface area contributed by atoms with Gasteiger partial charge < -0.3 is 0 Å². The first-order valence-electron chi connectivity index (χ1n) is 6.05. The number of benzene rings is 1. The van der Waals surface area contributed by atoms with Gasteiger partial charge in [-0.1, -0.05) is 12.1 Å². The summed E-state index contributed by atoms with van der Waals surface area (Å²) in [7, 11) is 0. The van der Waals surface area contributed by atoms with Crippen LogP contribution in [0.15, 0.2) is 42.7 Å². The predicted octanol–water partition coefficient (Wildman–Crippen LogP) is 2.29. The lowest BCUT2D eigenvalue weighted by Gasteiger charge is -2.14. The standard InChI is InChI=1S/C14H12FN3O/c15-11-4-2-10(3-5-11)14(6-7-14)12(19)18-13-16-8-1-9-17-13/h1-5,8-9H,6-7H2,(H,16,17,18,19). The van der Waals surface area contributed by atoms with E-state index in [9.17, 15) is 9.18 Å². The topological polar surface area (TPSA) is 54.9 Å². The Balaban J connectivity index is 1.81. The molecule has 0 atom stereocenters. The van der Waals surface area contributed by atoms with Crippen molar-refractivity contribution in [1.29, 1.82) is 0 Å². The first-order chi connectivity index (χ1) is 9.21. The molecule has 4 nitrogen and oxygen atoms in total. The van der Waals surface area contributed by atoms with Gasteiger partial charge in [0.15, 0.2) is 0 Å². The Bertz CT molecular complexity index is 594. The van der Waals surface area contributed by atoms with Crippen LogP contribution in [0.4, 0.5) is 10.3 Å². The van der Waals surface area contributed by atoms with Crippen LogP contribution in [-0.2, 0) is 10.2 Å². The Morgan fingerprint density at radius 2 is 1.79 bits per heavy atom. The van der Waals surface area contributed by atoms with Crippen LogP contribution in [-0.4, -0.2) is 15.9 Å². The quantitative estimate of drug-likeness (QED) is 0.917. The Hall–Kier alpha value is -2.30. The number of aromatic nitrogens is 2. The number of amides is 1. The SMILES string of the molecule is O=C(Nc1ncccn1)C1(c2ccc(F)cc2)CC1. The van der Waals surface area contributed by atoms with E-state index in [0.717, 1.165) is 18.4 Å². The summed E-state index contributed by atoms with van der Waals surface area (Å²) >= 11 is 0. The molecule has 5 heteroatoms. The summed E-state index contributed by atoms with van der Waals surface area (Å²) in [5.74, 6) is -0.141. The molecular formula is C14H12FN3O. The zero-order chi connectivity index (χ0) is 13.3. The number of halogens is 1. The molecule has 0 radical (unpaired) electrons. The molecule has 1 N–H and O–H groups in total. The number of carbonyl (C=O) groups excluding carboxylic acids is 1. The summed E-state index contributed by atoms with van der Waals surface area (Å²) in [5, 5.41) is 2.70. The third-order valence-corrected chi connectivity index (χ3v) is 3.37. The summed E-state index contributed by atoms with van der Waals surface area (Å²) in [4.78, 5) is 20.2. The van der Waals surface area contributed by atoms with Gasteiger partial charge in [-0.25, -0.2) is 14.4 Å². The highest BCUT2D eigenvalue weighted by molar-refractivity contribution is 6.00. The van der Waals surface area contributed by atoms with E-state index >= 15 is 0 Å². The lowest BCUT2D eigenvalue weighted by Crippen LogP contribution is -2.28. The van der Waals surface area contributed by atoms with Crippen molar-refractivity contribution < 1.29 is 9.18 Å². The van der Waals surface area contributed by atoms with Crippen LogP contribution in [0.25, 0.3) is 0 Å². The monoisotopic (exact) mass is 257 g/mol. The second-order valence-electron chi connectivity index (χ2n) is 4.62. The predicted molar refractivity (Wildman–Crippen MR) is 68.0 cm³/mol. The molecule has 1 fully saturated rings. The van der Waals surface area contributed by atoms with Gasteiger partial charge in [-0.05, 0) is 36.6 Å². The molecule has 0 bridgehead atoms. The van der Waals surface area contributed by atoms with Crippen molar-refractivity contribution >= 4 is 11.9 Å². The van der Waals surface area contributed by atoms with Crippen LogP contribution in [0.1, 0.15) is 18.4 Å². The van der Waals surface area contributed by atoms with Crippen LogP contribution >= 0.6 is 0 Å². The summed E-state index contributed by atoms with van der Waals surface area (Å²) in [5.41, 5.74) is 0.287. The van der Waals surface area contributed by atoms with Crippen molar-refractivity contribution in [3.05, 3.63) is 54.1 Å². The number of carbonyl (C=O) groups is 1. The van der Waals surface area contributed by atoms with Crippen molar-refractivity contribution in [2.75, 3.05) is 5.32 Å². The fraction of sp³-hybridized carbons (Fsp3) is 0.214. The molecular weight excluding hydrogens is 245 g/mol. The van der Waals surface area contributed by atoms with Crippen LogP contribution in [0.2, 0.25) is 0 Å². The molecule has 1 amide bonds. The van der Waals surface area contributed by atoms with E-state index in [1.165, 1.54) is 12.1 Å². The van der Waals surface area contributed by atoms with Gasteiger partial charge in [0.25, 0.3) is 0 Å². The van der Waals surface area contributed by atoms with Crippen LogP contribution in [0.5, 0.6) is 0 Å². The number of rotatable bonds is 3. The van der Waals surface area contributed by atoms with Gasteiger partial charge in [-0.2, -0.15) is 0 Å². The first-order valence-corrected chi connectivity index (χ1v) is 6.05. The molecule has 0 aliphatic heterocycles. The van der Waals surface area contributed by atoms with E-state index in [2.05, 4.69) is 15.3 Å². The maximum atomic E-state index is 12.9. The van der Waals surface area contributed by atoms with Gasteiger partial charge in [0.05, 0.1) is 5.41 Å². The van der Waals surface area contributed by atoms with Crippen LogP contribution in [0, 0.1) is 5.82 Å². The zero-order valence-corrected chi connectivity index (χ0v) is 10.1. The summed E-state index contributed by atoms with van der Waals surface area (Å²) < 4.78 is 12.9. The highest BCUT2D eigenvalue weighted by atomic mass is 19.1. The number of hydrogen-bond acceptors (Lipinski definition) is 3. The van der Waals surface area contributed by atoms with E-state index in [0.29, 0.717) is 5.95 Å². The summed E-state index contributed by atoms with van der Waals surface area (Å²) in [6, 6.07) is 7.76. The minimum Gasteiger partial charge on any atom is -0.294 e. The molecule has 1 heterocycles. The van der Waals surface area contributed by atoms with Crippen LogP contribution in [0.3, 0.4) is 0 Å². The van der Waals surface area contributed by atoms with Crippen molar-refractivity contribution in [3.8, 4) is 0 Å². The highest BCUT2D eigenvalue weighted by Crippen LogP contribution is 2.48. The molecule has 1 saturated carbocycles. The first kappa shape index (κ1) is 11.8. The van der Waals surface area contributed by atoms with Gasteiger partial charge in [0, 0.05) is 12.4 Å². The average Bonchev–Trinajstić information content (AvgIpc) is 3.22. The van der Waals surface area contributed by atoms with E-state index in [1.54, 1.807) is 30.6 Å². The molecule has 1 aliphatic carbocycles. The molecule has 0 spiro atoms. The Morgan fingerprint density at radius 1 is 1.16 bits per heavy atom. The molecule has 1 aliphatic rings. The van der Waals surface area contributed by atoms with E-state index in [1.807, 2.05) is 0 Å². The fourth-order valence-corrected chi connectivity index (χ4v) is 2.13. The molecule has 19 heavy (non-hydrogen) atoms. The number of nitrogens with zero attached hydrogens (tertiary/aromatic N) is 2. The van der Waals surface area contributed by atoms with Crippen LogP contribution < -0.4 is 5.32 Å². The van der Waals surface area contributed by atoms with Gasteiger partial charge in [0.1, 0.15) is 5.82 Å². The smallest absolute Gasteiger partial charge is 0.237 e. The average molecular weight is 257 g/mol. The molecule has 3 rings (SSSR count). The maximum absolute atomic E-state index is 12.9. The van der Waals surface area contributed by atoms with Crippen molar-refractivity contribution in [1.82, 2.24) is 9.97 Å². The molecule has 2 aromatic rings. The normalized spacial score (nSPS) is 15.8. The molecule has 1 aromatic carbocycles. The van der Waals surface area contributed by atoms with E-state index in [-0.39, 0.29) is 11.7 Å². The number of anilines is 1. The van der Waals surface area contributed by atoms with Gasteiger partial charge >= 0.3 is 0 Å². The second kappa shape index (κ2) is 4.42. The highest BCUT2D eigenvalue weighted by Gasteiger charge is 2.51. The Kier molecular flexibility index (Phi) is 2.74. The van der Waals surface area contributed by atoms with Gasteiger partial charge in [0.2, 0.25) is 11.9 Å². The molecule has 1 aromatic heterocycles. The minimum atomic E-state index is -0.549. The largest absolute Gasteiger partial charge is 0.294 e. The Morgan fingerprint density at radius 3 is 2.37 bits per heavy atom. The summed E-state index contributed by atoms with van der Waals surface area (Å²) in [6.45, 7) is 0. The van der Waals surface area contributed by atoms with Crippen molar-refractivity contribution in [3.63, 3.8) is 0 Å². The minimum absolute atomic E-state index is 0.134. The zero-order valence-electron chi connectivity index (χ0n) is 10.1. The fourth-order valence-electron chi connectivity index (χ4n) is 2.13. The van der Waals surface area contributed by atoms with Crippen molar-refractivity contribution in [2.24, 2.45) is 0 Å². The Labute approximate surface area is 109 Å². The lowest BCUT2D eigenvalue weighted by molar-refractivity contribution is -0.118.